The zero-order chi connectivity index (χ0) is 40.3. The van der Waals surface area contributed by atoms with Gasteiger partial charge in [-0.1, -0.05) is 90.5 Å². The predicted octanol–water partition coefficient (Wildman–Crippen LogP) is 2.72. The molecule has 2 aromatic heterocycles. The molecule has 0 saturated heterocycles. The number of hydrogen-bond acceptors (Lipinski definition) is 12. The third-order valence-electron chi connectivity index (χ3n) is 11.4. The minimum atomic E-state index is -3.23. The van der Waals surface area contributed by atoms with Crippen molar-refractivity contribution in [2.45, 2.75) is 115 Å². The van der Waals surface area contributed by atoms with Gasteiger partial charge in [0.15, 0.2) is 17.2 Å². The van der Waals surface area contributed by atoms with Crippen LogP contribution in [0.3, 0.4) is 0 Å². The van der Waals surface area contributed by atoms with Crippen molar-refractivity contribution in [2.75, 3.05) is 6.61 Å². The van der Waals surface area contributed by atoms with E-state index in [0.29, 0.717) is 12.1 Å². The number of amides is 1. The van der Waals surface area contributed by atoms with Crippen LogP contribution in [0, 0.1) is 23.2 Å². The number of nitrogens with two attached hydrogens (primary N) is 3. The second kappa shape index (κ2) is 19.5. The summed E-state index contributed by atoms with van der Waals surface area (Å²) in [4.78, 5) is 70.9. The SMILES string of the molecule is CC[C@H](C)[C@H](N)C(=O)C(NC(=O)[C@](C(=O)[C@@H](N)Cc1cnc[nH]1)(C(C)C)[C@](O)(C(=O)COc1ccccc1)[C@H](O)[C@@H](N)CC1CCCCC1)c1ccccn1. The van der Waals surface area contributed by atoms with E-state index in [1.807, 2.05) is 6.92 Å². The van der Waals surface area contributed by atoms with E-state index in [0.717, 1.165) is 32.1 Å². The lowest BCUT2D eigenvalue weighted by Crippen LogP contribution is -2.76. The molecule has 1 amide bonds. The Kier molecular flexibility index (Phi) is 15.4. The number of Topliss-reactive ketones (excluding diaryl/α,β-unsaturated/α-hetero) is 3. The lowest BCUT2D eigenvalue weighted by molar-refractivity contribution is -0.201. The van der Waals surface area contributed by atoms with E-state index in [1.54, 1.807) is 49.4 Å². The first-order chi connectivity index (χ1) is 26.2. The molecule has 0 aliphatic heterocycles. The molecular weight excluding hydrogens is 702 g/mol. The second-order valence-electron chi connectivity index (χ2n) is 15.3. The Bertz CT molecular complexity index is 1690. The average molecular weight is 762 g/mol. The molecule has 4 rings (SSSR count). The van der Waals surface area contributed by atoms with Gasteiger partial charge in [-0.15, -0.1) is 0 Å². The number of aromatic amines is 1. The number of H-pyrrole nitrogens is 1. The molecule has 1 fully saturated rings. The minimum absolute atomic E-state index is 0.0760. The summed E-state index contributed by atoms with van der Waals surface area (Å²) in [5.74, 6) is -5.26. The first-order valence-electron chi connectivity index (χ1n) is 19.3. The number of aliphatic hydroxyl groups excluding tert-OH is 1. The molecule has 0 bridgehead atoms. The molecule has 10 N–H and O–H groups in total. The van der Waals surface area contributed by atoms with Gasteiger partial charge in [0.1, 0.15) is 29.9 Å². The number of ether oxygens (including phenoxy) is 1. The fraction of sp³-hybridized carbons (Fsp3) is 0.561. The lowest BCUT2D eigenvalue weighted by atomic mass is 9.55. The smallest absolute Gasteiger partial charge is 0.238 e. The molecule has 1 unspecified atom stereocenters. The number of imidazole rings is 1. The Morgan fingerprint density at radius 3 is 2.25 bits per heavy atom. The van der Waals surface area contributed by atoms with Gasteiger partial charge in [0.05, 0.1) is 24.1 Å². The van der Waals surface area contributed by atoms with Crippen LogP contribution >= 0.6 is 0 Å². The van der Waals surface area contributed by atoms with E-state index in [9.17, 15) is 19.8 Å². The average Bonchev–Trinajstić information content (AvgIpc) is 3.71. The van der Waals surface area contributed by atoms with Crippen molar-refractivity contribution in [1.29, 1.82) is 0 Å². The molecule has 1 aromatic carbocycles. The number of carbonyl (C=O) groups excluding carboxylic acids is 4. The number of benzene rings is 1. The Morgan fingerprint density at radius 2 is 1.67 bits per heavy atom. The topological polar surface area (TPSA) is 250 Å². The van der Waals surface area contributed by atoms with Gasteiger partial charge in [0.2, 0.25) is 11.7 Å². The van der Waals surface area contributed by atoms with E-state index in [4.69, 9.17) is 21.9 Å². The number of para-hydroxylation sites is 1. The summed E-state index contributed by atoms with van der Waals surface area (Å²) in [5, 5.41) is 28.3. The van der Waals surface area contributed by atoms with Crippen molar-refractivity contribution in [3.63, 3.8) is 0 Å². The van der Waals surface area contributed by atoms with E-state index in [2.05, 4.69) is 20.3 Å². The number of rotatable bonds is 21. The van der Waals surface area contributed by atoms with Crippen LogP contribution in [0.15, 0.2) is 67.3 Å². The lowest BCUT2D eigenvalue weighted by Gasteiger charge is -2.50. The van der Waals surface area contributed by atoms with Crippen molar-refractivity contribution in [1.82, 2.24) is 20.3 Å². The van der Waals surface area contributed by atoms with Crippen molar-refractivity contribution in [3.05, 3.63) is 78.6 Å². The zero-order valence-corrected chi connectivity index (χ0v) is 32.4. The molecule has 8 atom stereocenters. The maximum absolute atomic E-state index is 15.4. The largest absolute Gasteiger partial charge is 0.486 e. The molecule has 0 radical (unpaired) electrons. The van der Waals surface area contributed by atoms with E-state index >= 15 is 9.59 Å². The highest BCUT2D eigenvalue weighted by atomic mass is 16.5. The molecule has 2 heterocycles. The summed E-state index contributed by atoms with van der Waals surface area (Å²) in [5.41, 5.74) is 14.3. The van der Waals surface area contributed by atoms with Crippen LogP contribution in [0.5, 0.6) is 5.75 Å². The Morgan fingerprint density at radius 1 is 1.00 bits per heavy atom. The first-order valence-corrected chi connectivity index (χ1v) is 19.3. The van der Waals surface area contributed by atoms with Gasteiger partial charge >= 0.3 is 0 Å². The van der Waals surface area contributed by atoms with Crippen LogP contribution in [0.25, 0.3) is 0 Å². The molecule has 0 spiro atoms. The molecule has 14 nitrogen and oxygen atoms in total. The number of ketones is 3. The highest BCUT2D eigenvalue weighted by Crippen LogP contribution is 2.46. The van der Waals surface area contributed by atoms with Crippen LogP contribution in [-0.2, 0) is 25.6 Å². The predicted molar refractivity (Wildman–Crippen MR) is 207 cm³/mol. The first kappa shape index (κ1) is 43.4. The molecule has 1 aliphatic rings. The summed E-state index contributed by atoms with van der Waals surface area (Å²) in [6.45, 7) is 5.76. The fourth-order valence-electron chi connectivity index (χ4n) is 7.93. The van der Waals surface area contributed by atoms with Gasteiger partial charge < -0.3 is 42.5 Å². The second-order valence-corrected chi connectivity index (χ2v) is 15.3. The maximum atomic E-state index is 15.4. The zero-order valence-electron chi connectivity index (χ0n) is 32.4. The highest BCUT2D eigenvalue weighted by molar-refractivity contribution is 6.15. The third kappa shape index (κ3) is 9.55. The van der Waals surface area contributed by atoms with Crippen LogP contribution in [-0.4, -0.2) is 84.9 Å². The van der Waals surface area contributed by atoms with Crippen LogP contribution in [0.1, 0.15) is 90.1 Å². The molecule has 55 heavy (non-hydrogen) atoms. The standard InChI is InChI=1S/C41H59N7O7/c1-5-26(4)34(44)36(50)35(32-18-12-13-19-46-32)48-39(53)40(25(2)3,37(51)31(43)21-28-22-45-24-47-28)41(54,33(49)23-55-29-16-10-7-11-17-29)38(52)30(42)20-27-14-8-6-9-15-27/h7,10-13,16-19,22,24-27,30-31,34-35,38,52,54H,5-6,8-9,14-15,20-21,23,42-44H2,1-4H3,(H,45,47)(H,48,53)/t26-,30-,31-,34-,35?,38+,40+,41-/m0/s1. The van der Waals surface area contributed by atoms with Gasteiger partial charge in [-0.05, 0) is 48.4 Å². The molecule has 1 saturated carbocycles. The number of nitrogens with one attached hydrogen (secondary N) is 2. The van der Waals surface area contributed by atoms with Crippen molar-refractivity contribution < 1.29 is 34.1 Å². The van der Waals surface area contributed by atoms with Gasteiger partial charge in [0.25, 0.3) is 0 Å². The Hall–Kier alpha value is -4.34. The monoisotopic (exact) mass is 761 g/mol. The summed E-state index contributed by atoms with van der Waals surface area (Å²) in [7, 11) is 0. The molecule has 1 aliphatic carbocycles. The number of aliphatic hydroxyl groups is 2. The number of hydrogen-bond donors (Lipinski definition) is 7. The number of aromatic nitrogens is 3. The Balaban J connectivity index is 1.94. The summed E-state index contributed by atoms with van der Waals surface area (Å²) >= 11 is 0. The highest BCUT2D eigenvalue weighted by Gasteiger charge is 2.70. The molecule has 300 valence electrons. The molecule has 3 aromatic rings. The quantitative estimate of drug-likeness (QED) is 0.0775. The normalized spacial score (nSPS) is 19.2. The summed E-state index contributed by atoms with van der Waals surface area (Å²) < 4.78 is 5.80. The van der Waals surface area contributed by atoms with Crippen molar-refractivity contribution in [2.24, 2.45) is 40.4 Å². The molecular formula is C41H59N7O7. The van der Waals surface area contributed by atoms with Gasteiger partial charge in [-0.3, -0.25) is 24.2 Å². The van der Waals surface area contributed by atoms with E-state index in [1.165, 1.54) is 38.6 Å². The number of nitrogens with zero attached hydrogens (tertiary/aromatic N) is 2. The Labute approximate surface area is 323 Å². The third-order valence-corrected chi connectivity index (χ3v) is 11.4. The minimum Gasteiger partial charge on any atom is -0.486 e. The number of carbonyl (C=O) groups is 4. The fourth-order valence-corrected chi connectivity index (χ4v) is 7.93. The van der Waals surface area contributed by atoms with E-state index < -0.39 is 77.1 Å². The van der Waals surface area contributed by atoms with Crippen molar-refractivity contribution in [3.8, 4) is 5.75 Å². The van der Waals surface area contributed by atoms with Gasteiger partial charge in [0, 0.05) is 30.6 Å². The number of pyridine rings is 1. The van der Waals surface area contributed by atoms with Crippen molar-refractivity contribution >= 4 is 23.3 Å². The molecule has 14 heteroatoms. The van der Waals surface area contributed by atoms with E-state index in [-0.39, 0.29) is 36.1 Å². The van der Waals surface area contributed by atoms with Crippen LogP contribution in [0.2, 0.25) is 0 Å². The summed E-state index contributed by atoms with van der Waals surface area (Å²) in [6.07, 6.45) is 7.36. The van der Waals surface area contributed by atoms with Gasteiger partial charge in [-0.25, -0.2) is 4.98 Å². The van der Waals surface area contributed by atoms with Crippen LogP contribution in [0.4, 0.5) is 0 Å². The summed E-state index contributed by atoms with van der Waals surface area (Å²) in [6, 6.07) is 7.73. The van der Waals surface area contributed by atoms with Crippen LogP contribution < -0.4 is 27.3 Å². The van der Waals surface area contributed by atoms with Gasteiger partial charge in [-0.2, -0.15) is 0 Å². The maximum Gasteiger partial charge on any atom is 0.238 e.